The molecule has 0 aliphatic carbocycles. The molecular weight excluding hydrogens is 364 g/mol. The van der Waals surface area contributed by atoms with Gasteiger partial charge < -0.3 is 20.2 Å². The summed E-state index contributed by atoms with van der Waals surface area (Å²) >= 11 is 0. The maximum Gasteiger partial charge on any atom is 0.0770 e. The molecule has 0 spiro atoms. The highest BCUT2D eigenvalue weighted by Gasteiger charge is 2.08. The first kappa shape index (κ1) is 30.4. The first-order valence-electron chi connectivity index (χ1n) is 12.3. The minimum atomic E-state index is -1.75. The van der Waals surface area contributed by atoms with Crippen LogP contribution in [0.1, 0.15) is 119 Å². The highest BCUT2D eigenvalue weighted by atomic mass is 16.9. The van der Waals surface area contributed by atoms with Crippen LogP contribution in [-0.2, 0) is 0 Å². The van der Waals surface area contributed by atoms with Gasteiger partial charge in [-0.05, 0) is 56.3 Å². The van der Waals surface area contributed by atoms with E-state index in [2.05, 4.69) is 41.5 Å². The third-order valence-corrected chi connectivity index (χ3v) is 5.44. The maximum absolute atomic E-state index is 8.25. The van der Waals surface area contributed by atoms with Gasteiger partial charge in [-0.25, -0.2) is 0 Å². The fourth-order valence-electron chi connectivity index (χ4n) is 3.69. The van der Waals surface area contributed by atoms with Crippen LogP contribution in [0, 0.1) is 33.1 Å². The fourth-order valence-corrected chi connectivity index (χ4v) is 3.69. The van der Waals surface area contributed by atoms with E-state index in [1.165, 1.54) is 96.7 Å². The molecule has 0 unspecified atom stereocenters. The highest BCUT2D eigenvalue weighted by molar-refractivity contribution is 4.50. The van der Waals surface area contributed by atoms with Gasteiger partial charge in [0.2, 0.25) is 0 Å². The smallest absolute Gasteiger partial charge is 0.0770 e. The minimum Gasteiger partial charge on any atom is -0.356 e. The first-order valence-corrected chi connectivity index (χ1v) is 12.3. The number of nitrogens with zero attached hydrogens (tertiary/aromatic N) is 1. The normalized spacial score (nSPS) is 11.4. The van der Waals surface area contributed by atoms with Crippen LogP contribution in [0.5, 0.6) is 0 Å². The second-order valence-corrected chi connectivity index (χ2v) is 9.95. The molecule has 5 heteroatoms. The summed E-state index contributed by atoms with van der Waals surface area (Å²) in [5, 5.41) is 14.8. The Morgan fingerprint density at radius 1 is 0.552 bits per heavy atom. The molecule has 0 bridgehead atoms. The number of rotatable bonds is 18. The molecule has 0 aromatic rings. The van der Waals surface area contributed by atoms with Crippen molar-refractivity contribution in [2.24, 2.45) is 17.8 Å². The molecule has 0 aliphatic heterocycles. The Morgan fingerprint density at radius 3 is 1.00 bits per heavy atom. The number of hydrogen-bond donors (Lipinski definition) is 1. The molecule has 0 amide bonds. The Labute approximate surface area is 181 Å². The zero-order valence-electron chi connectivity index (χ0n) is 20.5. The summed E-state index contributed by atoms with van der Waals surface area (Å²) in [6.07, 6.45) is 17.2. The van der Waals surface area contributed by atoms with Gasteiger partial charge in [-0.2, -0.15) is 0 Å². The average Bonchev–Trinajstić information content (AvgIpc) is 2.58. The van der Waals surface area contributed by atoms with Gasteiger partial charge in [0.25, 0.3) is 0 Å². The van der Waals surface area contributed by atoms with Crippen LogP contribution >= 0.6 is 0 Å². The first-order chi connectivity index (χ1) is 13.6. The largest absolute Gasteiger partial charge is 0.356 e. The van der Waals surface area contributed by atoms with E-state index in [1.807, 2.05) is 4.90 Å². The lowest BCUT2D eigenvalue weighted by molar-refractivity contribution is -0.900. The summed E-state index contributed by atoms with van der Waals surface area (Å²) in [6.45, 7) is 18.4. The van der Waals surface area contributed by atoms with Crippen LogP contribution in [0.25, 0.3) is 0 Å². The third-order valence-electron chi connectivity index (χ3n) is 5.44. The predicted octanol–water partition coefficient (Wildman–Crippen LogP) is 6.28. The molecule has 0 heterocycles. The van der Waals surface area contributed by atoms with Crippen molar-refractivity contribution >= 4 is 0 Å². The van der Waals surface area contributed by atoms with Crippen molar-refractivity contribution < 1.29 is 9.99 Å². The molecule has 0 atom stereocenters. The van der Waals surface area contributed by atoms with Gasteiger partial charge in [0.05, 0.1) is 24.7 Å². The van der Waals surface area contributed by atoms with E-state index < -0.39 is 5.09 Å². The van der Waals surface area contributed by atoms with Crippen molar-refractivity contribution in [1.29, 1.82) is 0 Å². The standard InChI is InChI=1S/C24H51N.NO3/c1-22(2)16-10-7-13-19-25(20-14-8-11-17-23(3)4)21-15-9-12-18-24(5)6;2-1(3)4/h22-24H,7-21H2,1-6H3;/q;-1/p+1. The van der Waals surface area contributed by atoms with E-state index in [0.717, 1.165) is 17.8 Å². The van der Waals surface area contributed by atoms with Gasteiger partial charge in [-0.1, -0.05) is 80.1 Å². The lowest BCUT2D eigenvalue weighted by Crippen LogP contribution is -3.12. The van der Waals surface area contributed by atoms with Crippen molar-refractivity contribution in [3.63, 3.8) is 0 Å². The van der Waals surface area contributed by atoms with Gasteiger partial charge in [-0.15, -0.1) is 0 Å². The topological polar surface area (TPSA) is 70.6 Å². The van der Waals surface area contributed by atoms with E-state index in [-0.39, 0.29) is 0 Å². The molecule has 1 N–H and O–H groups in total. The monoisotopic (exact) mass is 416 g/mol. The molecule has 29 heavy (non-hydrogen) atoms. The molecule has 0 fully saturated rings. The number of nitrogens with one attached hydrogen (secondary N) is 1. The van der Waals surface area contributed by atoms with Crippen LogP contribution < -0.4 is 4.90 Å². The van der Waals surface area contributed by atoms with E-state index in [0.29, 0.717) is 0 Å². The molecule has 0 rings (SSSR count). The maximum atomic E-state index is 8.25. The number of unbranched alkanes of at least 4 members (excludes halogenated alkanes) is 6. The summed E-state index contributed by atoms with van der Waals surface area (Å²) in [5.74, 6) is 2.64. The second kappa shape index (κ2) is 21.9. The molecule has 5 nitrogen and oxygen atoms in total. The van der Waals surface area contributed by atoms with Gasteiger partial charge in [0, 0.05) is 0 Å². The molecule has 176 valence electrons. The predicted molar refractivity (Wildman–Crippen MR) is 126 cm³/mol. The lowest BCUT2D eigenvalue weighted by atomic mass is 10.0. The third kappa shape index (κ3) is 32.1. The van der Waals surface area contributed by atoms with Gasteiger partial charge in [-0.3, -0.25) is 0 Å². The number of quaternary nitrogens is 1. The van der Waals surface area contributed by atoms with Crippen molar-refractivity contribution in [3.8, 4) is 0 Å². The quantitative estimate of drug-likeness (QED) is 0.162. The SMILES string of the molecule is CC(C)CCCCC[NH+](CCCCCC(C)C)CCCCCC(C)C.O=[N+]([O-])[O-]. The Morgan fingerprint density at radius 2 is 0.793 bits per heavy atom. The van der Waals surface area contributed by atoms with Gasteiger partial charge in [0.1, 0.15) is 0 Å². The molecular formula is C24H52N2O3. The van der Waals surface area contributed by atoms with Gasteiger partial charge >= 0.3 is 0 Å². The summed E-state index contributed by atoms with van der Waals surface area (Å²) < 4.78 is 0. The van der Waals surface area contributed by atoms with Crippen LogP contribution in [0.2, 0.25) is 0 Å². The van der Waals surface area contributed by atoms with Crippen LogP contribution in [0.4, 0.5) is 0 Å². The molecule has 0 aromatic heterocycles. The van der Waals surface area contributed by atoms with Crippen molar-refractivity contribution in [2.45, 2.75) is 119 Å². The van der Waals surface area contributed by atoms with E-state index in [4.69, 9.17) is 15.3 Å². The van der Waals surface area contributed by atoms with Crippen molar-refractivity contribution in [3.05, 3.63) is 15.3 Å². The Kier molecular flexibility index (Phi) is 22.9. The van der Waals surface area contributed by atoms with Crippen LogP contribution in [0.15, 0.2) is 0 Å². The highest BCUT2D eigenvalue weighted by Crippen LogP contribution is 2.09. The Hall–Kier alpha value is -0.840. The molecule has 0 saturated heterocycles. The average molecular weight is 417 g/mol. The van der Waals surface area contributed by atoms with Crippen LogP contribution in [0.3, 0.4) is 0 Å². The second-order valence-electron chi connectivity index (χ2n) is 9.95. The van der Waals surface area contributed by atoms with E-state index >= 15 is 0 Å². The summed E-state index contributed by atoms with van der Waals surface area (Å²) in [6, 6.07) is 0. The Balaban J connectivity index is 0. The summed E-state index contributed by atoms with van der Waals surface area (Å²) in [7, 11) is 0. The zero-order chi connectivity index (χ0) is 22.5. The van der Waals surface area contributed by atoms with E-state index in [9.17, 15) is 0 Å². The van der Waals surface area contributed by atoms with Crippen molar-refractivity contribution in [1.82, 2.24) is 0 Å². The summed E-state index contributed by atoms with van der Waals surface area (Å²) in [5.41, 5.74) is 0. The zero-order valence-corrected chi connectivity index (χ0v) is 20.5. The molecule has 0 radical (unpaired) electrons. The molecule has 0 aromatic carbocycles. The minimum absolute atomic E-state index is 0.880. The lowest BCUT2D eigenvalue weighted by Gasteiger charge is -2.20. The molecule has 0 aliphatic rings. The summed E-state index contributed by atoms with van der Waals surface area (Å²) in [4.78, 5) is 10.2. The Bertz CT molecular complexity index is 300. The number of hydrogen-bond acceptors (Lipinski definition) is 3. The van der Waals surface area contributed by atoms with Gasteiger partial charge in [0.15, 0.2) is 0 Å². The van der Waals surface area contributed by atoms with E-state index in [1.54, 1.807) is 0 Å². The van der Waals surface area contributed by atoms with Crippen LogP contribution in [-0.4, -0.2) is 24.7 Å². The fraction of sp³-hybridized carbons (Fsp3) is 1.00. The molecule has 0 saturated carbocycles. The van der Waals surface area contributed by atoms with Crippen molar-refractivity contribution in [2.75, 3.05) is 19.6 Å².